The Labute approximate surface area is 184 Å². The molecule has 2 N–H and O–H groups in total. The zero-order chi connectivity index (χ0) is 22.0. The summed E-state index contributed by atoms with van der Waals surface area (Å²) in [5.74, 6) is 0.519. The van der Waals surface area contributed by atoms with Crippen molar-refractivity contribution in [2.24, 2.45) is 0 Å². The zero-order valence-corrected chi connectivity index (χ0v) is 18.6. The Bertz CT molecular complexity index is 1030. The van der Waals surface area contributed by atoms with Gasteiger partial charge in [-0.2, -0.15) is 0 Å². The molecular formula is C26H32N3O2+. The molecule has 1 atom stereocenters. The van der Waals surface area contributed by atoms with E-state index in [1.807, 2.05) is 18.2 Å². The summed E-state index contributed by atoms with van der Waals surface area (Å²) < 4.78 is 2.28. The molecule has 4 rings (SSSR count). The van der Waals surface area contributed by atoms with Crippen LogP contribution in [-0.2, 0) is 0 Å². The van der Waals surface area contributed by atoms with Gasteiger partial charge in [0.25, 0.3) is 0 Å². The Hall–Kier alpha value is -3.05. The number of Topliss-reactive ketones (excluding diaryl/α,β-unsaturated/α-hetero) is 1. The van der Waals surface area contributed by atoms with Crippen molar-refractivity contribution in [2.45, 2.75) is 26.8 Å². The van der Waals surface area contributed by atoms with Crippen LogP contribution in [-0.4, -0.2) is 48.2 Å². The van der Waals surface area contributed by atoms with Gasteiger partial charge in [0, 0.05) is 22.6 Å². The summed E-state index contributed by atoms with van der Waals surface area (Å²) in [5, 5.41) is 9.49. The largest absolute Gasteiger partial charge is 0.508 e. The number of phenols is 1. The molecule has 5 heteroatoms. The van der Waals surface area contributed by atoms with Gasteiger partial charge in [-0.1, -0.05) is 30.3 Å². The third-order valence-corrected chi connectivity index (χ3v) is 6.55. The van der Waals surface area contributed by atoms with Crippen LogP contribution in [0.1, 0.15) is 40.3 Å². The quantitative estimate of drug-likeness (QED) is 0.605. The molecule has 162 valence electrons. The number of aromatic nitrogens is 1. The normalized spacial score (nSPS) is 15.8. The SMILES string of the molecule is Cc1cc(C(=O)C[NH+]2CCN(c3ccc(O)cc3)CC2)c(C)n1[C@H](C)c1ccccc1. The van der Waals surface area contributed by atoms with Gasteiger partial charge < -0.3 is 19.5 Å². The first-order valence-corrected chi connectivity index (χ1v) is 11.1. The molecular weight excluding hydrogens is 386 g/mol. The minimum absolute atomic E-state index is 0.198. The van der Waals surface area contributed by atoms with Gasteiger partial charge in [0.1, 0.15) is 12.3 Å². The van der Waals surface area contributed by atoms with Gasteiger partial charge in [0.2, 0.25) is 5.78 Å². The van der Waals surface area contributed by atoms with E-state index in [4.69, 9.17) is 0 Å². The molecule has 0 radical (unpaired) electrons. The summed E-state index contributed by atoms with van der Waals surface area (Å²) in [7, 11) is 0. The number of phenolic OH excluding ortho intramolecular Hbond substituents is 1. The maximum atomic E-state index is 13.2. The van der Waals surface area contributed by atoms with Gasteiger partial charge in [0.05, 0.1) is 32.2 Å². The Morgan fingerprint density at radius 2 is 1.68 bits per heavy atom. The second kappa shape index (κ2) is 8.98. The summed E-state index contributed by atoms with van der Waals surface area (Å²) >= 11 is 0. The standard InChI is InChI=1S/C26H31N3O2/c1-19-17-25(21(3)29(19)20(2)22-7-5-4-6-8-22)26(31)18-27-13-15-28(16-14-27)23-9-11-24(30)12-10-23/h4-12,17,20,30H,13-16,18H2,1-3H3/p+1/t20-/m1/s1. The molecule has 1 aliphatic heterocycles. The first-order valence-electron chi connectivity index (χ1n) is 11.1. The van der Waals surface area contributed by atoms with E-state index in [-0.39, 0.29) is 17.6 Å². The number of hydrogen-bond acceptors (Lipinski definition) is 3. The minimum atomic E-state index is 0.198. The van der Waals surface area contributed by atoms with Crippen molar-refractivity contribution < 1.29 is 14.8 Å². The van der Waals surface area contributed by atoms with Gasteiger partial charge in [-0.05, 0) is 56.7 Å². The number of carbonyl (C=O) groups excluding carboxylic acids is 1. The maximum absolute atomic E-state index is 13.2. The number of nitrogens with zero attached hydrogens (tertiary/aromatic N) is 2. The monoisotopic (exact) mass is 418 g/mol. The highest BCUT2D eigenvalue weighted by Gasteiger charge is 2.26. The third kappa shape index (κ3) is 4.52. The molecule has 1 saturated heterocycles. The molecule has 0 saturated carbocycles. The number of rotatable bonds is 6. The average molecular weight is 419 g/mol. The second-order valence-electron chi connectivity index (χ2n) is 8.59. The van der Waals surface area contributed by atoms with Gasteiger partial charge >= 0.3 is 0 Å². The number of quaternary nitrogens is 1. The van der Waals surface area contributed by atoms with Crippen LogP contribution in [0.4, 0.5) is 5.69 Å². The number of carbonyl (C=O) groups is 1. The van der Waals surface area contributed by atoms with E-state index in [0.717, 1.165) is 48.8 Å². The Balaban J connectivity index is 1.41. The molecule has 0 spiro atoms. The van der Waals surface area contributed by atoms with Crippen LogP contribution < -0.4 is 9.80 Å². The summed E-state index contributed by atoms with van der Waals surface area (Å²) in [6.07, 6.45) is 0. The highest BCUT2D eigenvalue weighted by molar-refractivity contribution is 5.98. The van der Waals surface area contributed by atoms with Crippen molar-refractivity contribution in [3.8, 4) is 5.75 Å². The number of piperazine rings is 1. The highest BCUT2D eigenvalue weighted by Crippen LogP contribution is 2.25. The third-order valence-electron chi connectivity index (χ3n) is 6.55. The van der Waals surface area contributed by atoms with Gasteiger partial charge in [0.15, 0.2) is 0 Å². The molecule has 2 heterocycles. The molecule has 1 fully saturated rings. The summed E-state index contributed by atoms with van der Waals surface area (Å²) in [6, 6.07) is 20.1. The van der Waals surface area contributed by atoms with Crippen LogP contribution in [0.5, 0.6) is 5.75 Å². The van der Waals surface area contributed by atoms with Crippen LogP contribution in [0.3, 0.4) is 0 Å². The Morgan fingerprint density at radius 3 is 2.32 bits per heavy atom. The fourth-order valence-electron chi connectivity index (χ4n) is 4.78. The van der Waals surface area contributed by atoms with Gasteiger partial charge in [-0.25, -0.2) is 0 Å². The van der Waals surface area contributed by atoms with Crippen LogP contribution >= 0.6 is 0 Å². The van der Waals surface area contributed by atoms with Crippen LogP contribution in [0.25, 0.3) is 0 Å². The number of hydrogen-bond donors (Lipinski definition) is 2. The number of benzene rings is 2. The molecule has 1 aromatic heterocycles. The fourth-order valence-corrected chi connectivity index (χ4v) is 4.78. The minimum Gasteiger partial charge on any atom is -0.508 e. The topological polar surface area (TPSA) is 49.9 Å². The molecule has 1 aliphatic rings. The average Bonchev–Trinajstić information content (AvgIpc) is 3.09. The van der Waals surface area contributed by atoms with Crippen molar-refractivity contribution in [1.29, 1.82) is 0 Å². The molecule has 0 amide bonds. The molecule has 0 bridgehead atoms. The number of ketones is 1. The van der Waals surface area contributed by atoms with E-state index < -0.39 is 0 Å². The predicted molar refractivity (Wildman–Crippen MR) is 124 cm³/mol. The van der Waals surface area contributed by atoms with Crippen LogP contribution in [0.15, 0.2) is 60.7 Å². The molecule has 3 aromatic rings. The zero-order valence-electron chi connectivity index (χ0n) is 18.6. The molecule has 0 unspecified atom stereocenters. The molecule has 5 nitrogen and oxygen atoms in total. The number of anilines is 1. The molecule has 0 aliphatic carbocycles. The van der Waals surface area contributed by atoms with E-state index in [0.29, 0.717) is 6.54 Å². The summed E-state index contributed by atoms with van der Waals surface area (Å²) in [6.45, 7) is 10.6. The van der Waals surface area contributed by atoms with E-state index >= 15 is 0 Å². The lowest BCUT2D eigenvalue weighted by Gasteiger charge is -2.33. The van der Waals surface area contributed by atoms with Crippen LogP contribution in [0, 0.1) is 13.8 Å². The Morgan fingerprint density at radius 1 is 1.03 bits per heavy atom. The van der Waals surface area contributed by atoms with E-state index in [9.17, 15) is 9.90 Å². The van der Waals surface area contributed by atoms with Gasteiger partial charge in [-0.3, -0.25) is 4.79 Å². The maximum Gasteiger partial charge on any atom is 0.218 e. The van der Waals surface area contributed by atoms with Crippen molar-refractivity contribution in [2.75, 3.05) is 37.6 Å². The van der Waals surface area contributed by atoms with E-state index in [2.05, 4.69) is 60.6 Å². The lowest BCUT2D eigenvalue weighted by atomic mass is 10.1. The molecule has 2 aromatic carbocycles. The van der Waals surface area contributed by atoms with E-state index in [1.54, 1.807) is 12.1 Å². The van der Waals surface area contributed by atoms with Crippen molar-refractivity contribution >= 4 is 11.5 Å². The van der Waals surface area contributed by atoms with E-state index in [1.165, 1.54) is 10.5 Å². The Kier molecular flexibility index (Phi) is 6.14. The second-order valence-corrected chi connectivity index (χ2v) is 8.59. The highest BCUT2D eigenvalue weighted by atomic mass is 16.3. The summed E-state index contributed by atoms with van der Waals surface area (Å²) in [5.41, 5.74) is 5.42. The lowest BCUT2D eigenvalue weighted by Crippen LogP contribution is -3.15. The van der Waals surface area contributed by atoms with Crippen LogP contribution in [0.2, 0.25) is 0 Å². The van der Waals surface area contributed by atoms with Crippen molar-refractivity contribution in [3.63, 3.8) is 0 Å². The van der Waals surface area contributed by atoms with Gasteiger partial charge in [-0.15, -0.1) is 0 Å². The van der Waals surface area contributed by atoms with Crippen molar-refractivity contribution in [1.82, 2.24) is 4.57 Å². The number of aryl methyl sites for hydroxylation is 1. The number of nitrogens with one attached hydrogen (secondary N) is 1. The fraction of sp³-hybridized carbons (Fsp3) is 0.346. The van der Waals surface area contributed by atoms with Crippen molar-refractivity contribution in [3.05, 3.63) is 83.2 Å². The first-order chi connectivity index (χ1) is 14.9. The summed E-state index contributed by atoms with van der Waals surface area (Å²) in [4.78, 5) is 16.8. The first kappa shape index (κ1) is 21.2. The smallest absolute Gasteiger partial charge is 0.218 e. The lowest BCUT2D eigenvalue weighted by molar-refractivity contribution is -0.892. The predicted octanol–water partition coefficient (Wildman–Crippen LogP) is 3.01. The number of aromatic hydroxyl groups is 1. The molecule has 31 heavy (non-hydrogen) atoms.